The molecule has 0 unspecified atom stereocenters. The summed E-state index contributed by atoms with van der Waals surface area (Å²) in [6.07, 6.45) is 7.76. The Labute approximate surface area is 162 Å². The summed E-state index contributed by atoms with van der Waals surface area (Å²) in [7, 11) is 0. The molecule has 0 atom stereocenters. The van der Waals surface area contributed by atoms with Gasteiger partial charge in [0.05, 0.1) is 28.0 Å². The number of pyridine rings is 2. The van der Waals surface area contributed by atoms with Gasteiger partial charge in [-0.2, -0.15) is 0 Å². The molecular weight excluding hydrogens is 352 g/mol. The van der Waals surface area contributed by atoms with Crippen molar-refractivity contribution in [3.05, 3.63) is 58.5 Å². The largest absolute Gasteiger partial charge is 0.317 e. The van der Waals surface area contributed by atoms with E-state index in [2.05, 4.69) is 15.3 Å². The summed E-state index contributed by atoms with van der Waals surface area (Å²) in [5.74, 6) is 0. The lowest BCUT2D eigenvalue weighted by Crippen LogP contribution is -2.34. The zero-order chi connectivity index (χ0) is 19.3. The van der Waals surface area contributed by atoms with Crippen LogP contribution in [0.1, 0.15) is 30.3 Å². The number of aryl methyl sites for hydroxylation is 2. The Balaban J connectivity index is 1.59. The number of imidazole rings is 1. The van der Waals surface area contributed by atoms with Gasteiger partial charge in [0.1, 0.15) is 5.69 Å². The van der Waals surface area contributed by atoms with Crippen LogP contribution in [0.5, 0.6) is 0 Å². The van der Waals surface area contributed by atoms with Crippen molar-refractivity contribution in [1.82, 2.24) is 29.2 Å². The van der Waals surface area contributed by atoms with Crippen molar-refractivity contribution >= 4 is 16.6 Å². The van der Waals surface area contributed by atoms with Gasteiger partial charge in [0.2, 0.25) is 0 Å². The van der Waals surface area contributed by atoms with Gasteiger partial charge >= 0.3 is 0 Å². The van der Waals surface area contributed by atoms with Crippen molar-refractivity contribution in [3.8, 4) is 11.4 Å². The highest BCUT2D eigenvalue weighted by Gasteiger charge is 2.17. The minimum absolute atomic E-state index is 0.0354. The molecule has 0 radical (unpaired) electrons. The van der Waals surface area contributed by atoms with Crippen LogP contribution >= 0.6 is 0 Å². The van der Waals surface area contributed by atoms with Crippen LogP contribution in [-0.4, -0.2) is 37.0 Å². The van der Waals surface area contributed by atoms with E-state index in [1.807, 2.05) is 59.6 Å². The molecule has 5 rings (SSSR count). The highest BCUT2D eigenvalue weighted by molar-refractivity contribution is 5.80. The normalized spacial score (nSPS) is 15.5. The van der Waals surface area contributed by atoms with Gasteiger partial charge in [-0.3, -0.25) is 4.79 Å². The molecule has 4 aromatic rings. The number of fused-ring (bicyclic) bond motifs is 2. The molecular formula is C21H22N6O. The minimum Gasteiger partial charge on any atom is -0.317 e. The van der Waals surface area contributed by atoms with Crippen molar-refractivity contribution in [2.24, 2.45) is 0 Å². The Morgan fingerprint density at radius 3 is 2.64 bits per heavy atom. The molecule has 4 aromatic heterocycles. The Morgan fingerprint density at radius 1 is 1.00 bits per heavy atom. The highest BCUT2D eigenvalue weighted by Crippen LogP contribution is 2.22. The van der Waals surface area contributed by atoms with Crippen LogP contribution < -0.4 is 10.9 Å². The Bertz CT molecular complexity index is 1250. The predicted molar refractivity (Wildman–Crippen MR) is 109 cm³/mol. The van der Waals surface area contributed by atoms with Gasteiger partial charge in [-0.05, 0) is 58.0 Å². The molecule has 1 N–H and O–H groups in total. The average molecular weight is 374 g/mol. The second-order valence-corrected chi connectivity index (χ2v) is 7.46. The van der Waals surface area contributed by atoms with Crippen LogP contribution in [0.25, 0.3) is 27.9 Å². The number of piperidine rings is 1. The standard InChI is InChI=1S/C21H22N6O/c1-13-11-26-12-19(24-14(2)20(26)23-13)18-4-3-16-17(25-18)7-10-27(21(16)28)15-5-8-22-9-6-15/h3-4,7,10-12,15,22H,5-6,8-9H2,1-2H3. The fourth-order valence-corrected chi connectivity index (χ4v) is 4.05. The first-order valence-corrected chi connectivity index (χ1v) is 9.66. The number of rotatable bonds is 2. The van der Waals surface area contributed by atoms with Gasteiger partial charge in [0, 0.05) is 24.6 Å². The lowest BCUT2D eigenvalue weighted by Gasteiger charge is -2.24. The van der Waals surface area contributed by atoms with E-state index >= 15 is 0 Å². The third kappa shape index (κ3) is 2.79. The van der Waals surface area contributed by atoms with Crippen molar-refractivity contribution < 1.29 is 0 Å². The topological polar surface area (TPSA) is 77.1 Å². The molecule has 0 aromatic carbocycles. The van der Waals surface area contributed by atoms with Crippen LogP contribution in [0.3, 0.4) is 0 Å². The van der Waals surface area contributed by atoms with E-state index in [0.717, 1.165) is 54.4 Å². The van der Waals surface area contributed by atoms with Crippen LogP contribution in [0.15, 0.2) is 41.6 Å². The summed E-state index contributed by atoms with van der Waals surface area (Å²) in [5, 5.41) is 4.00. The number of hydrogen-bond acceptors (Lipinski definition) is 5. The summed E-state index contributed by atoms with van der Waals surface area (Å²) in [5.41, 5.74) is 4.92. The number of hydrogen-bond donors (Lipinski definition) is 1. The smallest absolute Gasteiger partial charge is 0.260 e. The van der Waals surface area contributed by atoms with E-state index in [1.54, 1.807) is 0 Å². The lowest BCUT2D eigenvalue weighted by atomic mass is 10.1. The molecule has 5 heterocycles. The third-order valence-electron chi connectivity index (χ3n) is 5.47. The Morgan fingerprint density at radius 2 is 1.82 bits per heavy atom. The first-order chi connectivity index (χ1) is 13.6. The van der Waals surface area contributed by atoms with E-state index in [4.69, 9.17) is 4.98 Å². The van der Waals surface area contributed by atoms with Crippen molar-refractivity contribution in [2.75, 3.05) is 13.1 Å². The molecule has 1 saturated heterocycles. The van der Waals surface area contributed by atoms with E-state index < -0.39 is 0 Å². The number of nitrogens with zero attached hydrogens (tertiary/aromatic N) is 5. The maximum Gasteiger partial charge on any atom is 0.260 e. The molecule has 0 amide bonds. The van der Waals surface area contributed by atoms with Crippen molar-refractivity contribution in [3.63, 3.8) is 0 Å². The SMILES string of the molecule is Cc1cn2cc(-c3ccc4c(=O)n(C5CCNCC5)ccc4n3)nc(C)c2n1. The van der Waals surface area contributed by atoms with Gasteiger partial charge in [-0.15, -0.1) is 0 Å². The highest BCUT2D eigenvalue weighted by atomic mass is 16.1. The molecule has 0 spiro atoms. The Hall–Kier alpha value is -3.06. The average Bonchev–Trinajstić information content (AvgIpc) is 3.09. The van der Waals surface area contributed by atoms with Gasteiger partial charge in [-0.1, -0.05) is 0 Å². The quantitative estimate of drug-likeness (QED) is 0.584. The Kier molecular flexibility index (Phi) is 3.98. The zero-order valence-corrected chi connectivity index (χ0v) is 16.0. The molecule has 0 saturated carbocycles. The molecule has 142 valence electrons. The fraction of sp³-hybridized carbons (Fsp3) is 0.333. The lowest BCUT2D eigenvalue weighted by molar-refractivity contribution is 0.362. The molecule has 0 bridgehead atoms. The number of aromatic nitrogens is 5. The molecule has 7 nitrogen and oxygen atoms in total. The van der Waals surface area contributed by atoms with Gasteiger partial charge in [-0.25, -0.2) is 15.0 Å². The summed E-state index contributed by atoms with van der Waals surface area (Å²) in [6.45, 7) is 5.82. The van der Waals surface area contributed by atoms with Crippen molar-refractivity contribution in [1.29, 1.82) is 0 Å². The van der Waals surface area contributed by atoms with Gasteiger partial charge in [0.25, 0.3) is 5.56 Å². The van der Waals surface area contributed by atoms with Crippen molar-refractivity contribution in [2.45, 2.75) is 32.7 Å². The molecule has 1 fully saturated rings. The summed E-state index contributed by atoms with van der Waals surface area (Å²) in [6, 6.07) is 5.95. The van der Waals surface area contributed by atoms with E-state index in [1.165, 1.54) is 0 Å². The first-order valence-electron chi connectivity index (χ1n) is 9.66. The van der Waals surface area contributed by atoms with E-state index in [0.29, 0.717) is 10.9 Å². The monoisotopic (exact) mass is 374 g/mol. The summed E-state index contributed by atoms with van der Waals surface area (Å²) in [4.78, 5) is 26.9. The fourth-order valence-electron chi connectivity index (χ4n) is 4.05. The first kappa shape index (κ1) is 17.1. The summed E-state index contributed by atoms with van der Waals surface area (Å²) < 4.78 is 3.85. The maximum atomic E-state index is 13.0. The molecule has 1 aliphatic heterocycles. The number of nitrogens with one attached hydrogen (secondary N) is 1. The second kappa shape index (κ2) is 6.53. The zero-order valence-electron chi connectivity index (χ0n) is 16.0. The maximum absolute atomic E-state index is 13.0. The second-order valence-electron chi connectivity index (χ2n) is 7.46. The summed E-state index contributed by atoms with van der Waals surface area (Å²) >= 11 is 0. The van der Waals surface area contributed by atoms with Crippen LogP contribution in [-0.2, 0) is 0 Å². The minimum atomic E-state index is 0.0354. The van der Waals surface area contributed by atoms with Crippen LogP contribution in [0.2, 0.25) is 0 Å². The molecule has 28 heavy (non-hydrogen) atoms. The van der Waals surface area contributed by atoms with Crippen LogP contribution in [0.4, 0.5) is 0 Å². The molecule has 1 aliphatic rings. The predicted octanol–water partition coefficient (Wildman–Crippen LogP) is 2.65. The van der Waals surface area contributed by atoms with E-state index in [-0.39, 0.29) is 11.6 Å². The van der Waals surface area contributed by atoms with E-state index in [9.17, 15) is 4.79 Å². The molecule has 0 aliphatic carbocycles. The van der Waals surface area contributed by atoms with Gasteiger partial charge in [0.15, 0.2) is 5.65 Å². The van der Waals surface area contributed by atoms with Crippen LogP contribution in [0, 0.1) is 13.8 Å². The third-order valence-corrected chi connectivity index (χ3v) is 5.47. The molecule has 7 heteroatoms. The van der Waals surface area contributed by atoms with Gasteiger partial charge < -0.3 is 14.3 Å².